The lowest BCUT2D eigenvalue weighted by atomic mass is 10.0. The van der Waals surface area contributed by atoms with Crippen molar-refractivity contribution in [1.29, 1.82) is 0 Å². The molecule has 1 saturated heterocycles. The lowest BCUT2D eigenvalue weighted by molar-refractivity contribution is -0.122. The molecule has 1 aliphatic rings. The number of carbonyl (C=O) groups excluding carboxylic acids is 1. The van der Waals surface area contributed by atoms with E-state index in [2.05, 4.69) is 37.4 Å². The number of piperidine rings is 1. The largest absolute Gasteiger partial charge is 0.322 e. The molecule has 0 aliphatic carbocycles. The predicted molar refractivity (Wildman–Crippen MR) is 102 cm³/mol. The van der Waals surface area contributed by atoms with E-state index in [1.165, 1.54) is 5.56 Å². The lowest BCUT2D eigenvalue weighted by Gasteiger charge is -2.34. The van der Waals surface area contributed by atoms with Gasteiger partial charge in [0, 0.05) is 18.9 Å². The van der Waals surface area contributed by atoms with Crippen molar-refractivity contribution >= 4 is 11.6 Å². The van der Waals surface area contributed by atoms with Gasteiger partial charge < -0.3 is 5.32 Å². The first kappa shape index (κ1) is 17.4. The van der Waals surface area contributed by atoms with Crippen LogP contribution >= 0.6 is 0 Å². The molecular weight excluding hydrogens is 340 g/mol. The fourth-order valence-corrected chi connectivity index (χ4v) is 3.43. The maximum Gasteiger partial charge on any atom is 0.250 e. The van der Waals surface area contributed by atoms with Crippen LogP contribution in [0.4, 0.5) is 5.69 Å². The Kier molecular flexibility index (Phi) is 5.20. The Balaban J connectivity index is 1.44. The van der Waals surface area contributed by atoms with Crippen LogP contribution in [0.2, 0.25) is 0 Å². The number of anilines is 1. The van der Waals surface area contributed by atoms with Gasteiger partial charge >= 0.3 is 0 Å². The highest BCUT2D eigenvalue weighted by Crippen LogP contribution is 2.21. The van der Waals surface area contributed by atoms with Crippen LogP contribution in [-0.2, 0) is 11.3 Å². The van der Waals surface area contributed by atoms with E-state index in [4.69, 9.17) is 0 Å². The van der Waals surface area contributed by atoms with E-state index in [1.807, 2.05) is 18.2 Å². The van der Waals surface area contributed by atoms with Crippen molar-refractivity contribution in [3.05, 3.63) is 66.7 Å². The van der Waals surface area contributed by atoms with Crippen LogP contribution in [0.15, 0.2) is 61.2 Å². The fourth-order valence-electron chi connectivity index (χ4n) is 3.43. The summed E-state index contributed by atoms with van der Waals surface area (Å²) in [5.74, 6) is 0.487. The molecule has 1 amide bonds. The first-order chi connectivity index (χ1) is 13.3. The number of carbonyl (C=O) groups is 1. The van der Waals surface area contributed by atoms with Gasteiger partial charge in [0.25, 0.3) is 0 Å². The number of aromatic nitrogens is 4. The summed E-state index contributed by atoms with van der Waals surface area (Å²) in [4.78, 5) is 23.5. The molecule has 0 saturated carbocycles. The van der Waals surface area contributed by atoms with E-state index in [0.29, 0.717) is 11.6 Å². The van der Waals surface area contributed by atoms with Crippen molar-refractivity contribution in [2.75, 3.05) is 11.9 Å². The normalized spacial score (nSPS) is 17.6. The monoisotopic (exact) mass is 362 g/mol. The Bertz CT molecular complexity index is 880. The summed E-state index contributed by atoms with van der Waals surface area (Å²) in [5.41, 5.74) is 1.88. The van der Waals surface area contributed by atoms with Gasteiger partial charge in [-0.25, -0.2) is 14.6 Å². The molecule has 0 radical (unpaired) electrons. The molecule has 27 heavy (non-hydrogen) atoms. The van der Waals surface area contributed by atoms with Crippen LogP contribution in [0.5, 0.6) is 0 Å². The molecule has 1 fully saturated rings. The zero-order valence-corrected chi connectivity index (χ0v) is 15.0. The Morgan fingerprint density at radius 1 is 1.11 bits per heavy atom. The number of nitrogens with one attached hydrogen (secondary N) is 1. The zero-order valence-electron chi connectivity index (χ0n) is 15.0. The van der Waals surface area contributed by atoms with Crippen LogP contribution in [0, 0.1) is 0 Å². The Labute approximate surface area is 158 Å². The van der Waals surface area contributed by atoms with Crippen molar-refractivity contribution < 1.29 is 4.79 Å². The topological polar surface area (TPSA) is 75.9 Å². The number of hydrogen-bond acceptors (Lipinski definition) is 5. The summed E-state index contributed by atoms with van der Waals surface area (Å²) in [6.07, 6.45) is 9.74. The lowest BCUT2D eigenvalue weighted by Crippen LogP contribution is -2.46. The van der Waals surface area contributed by atoms with Crippen LogP contribution < -0.4 is 5.32 Å². The van der Waals surface area contributed by atoms with E-state index in [9.17, 15) is 4.79 Å². The minimum absolute atomic E-state index is 0.0131. The van der Waals surface area contributed by atoms with Gasteiger partial charge in [-0.05, 0) is 31.0 Å². The minimum Gasteiger partial charge on any atom is -0.322 e. The Morgan fingerprint density at radius 2 is 1.93 bits per heavy atom. The summed E-state index contributed by atoms with van der Waals surface area (Å²) in [6, 6.07) is 11.9. The fraction of sp³-hybridized carbons (Fsp3) is 0.300. The van der Waals surface area contributed by atoms with Gasteiger partial charge in [-0.3, -0.25) is 9.69 Å². The molecule has 0 bridgehead atoms. The SMILES string of the molecule is O=C(Nc1cnn(-c2ncccn2)c1)C1CCCCN1Cc1ccccc1. The highest BCUT2D eigenvalue weighted by atomic mass is 16.2. The van der Waals surface area contributed by atoms with Gasteiger partial charge in [0.2, 0.25) is 11.9 Å². The molecule has 1 unspecified atom stereocenters. The molecule has 0 spiro atoms. The van der Waals surface area contributed by atoms with Crippen LogP contribution in [0.1, 0.15) is 24.8 Å². The molecular formula is C20H22N6O. The Morgan fingerprint density at radius 3 is 2.74 bits per heavy atom. The first-order valence-corrected chi connectivity index (χ1v) is 9.20. The minimum atomic E-state index is -0.129. The molecule has 4 rings (SSSR count). The number of hydrogen-bond donors (Lipinski definition) is 1. The average Bonchev–Trinajstić information content (AvgIpc) is 3.18. The zero-order chi connectivity index (χ0) is 18.5. The number of nitrogens with zero attached hydrogens (tertiary/aromatic N) is 5. The van der Waals surface area contributed by atoms with Gasteiger partial charge in [0.1, 0.15) is 0 Å². The van der Waals surface area contributed by atoms with Crippen molar-refractivity contribution in [2.45, 2.75) is 31.8 Å². The first-order valence-electron chi connectivity index (χ1n) is 9.20. The van der Waals surface area contributed by atoms with Crippen LogP contribution in [0.3, 0.4) is 0 Å². The molecule has 3 heterocycles. The van der Waals surface area contributed by atoms with Crippen molar-refractivity contribution in [2.24, 2.45) is 0 Å². The van der Waals surface area contributed by atoms with Crippen molar-refractivity contribution in [3.8, 4) is 5.95 Å². The summed E-state index contributed by atoms with van der Waals surface area (Å²) >= 11 is 0. The van der Waals surface area contributed by atoms with Gasteiger partial charge in [0.05, 0.1) is 24.1 Å². The standard InChI is InChI=1S/C20H22N6O/c27-19(24-17-13-23-26(15-17)20-21-10-6-11-22-20)18-9-4-5-12-25(18)14-16-7-2-1-3-8-16/h1-3,6-8,10-11,13,15,18H,4-5,9,12,14H2,(H,24,27). The third-order valence-corrected chi connectivity index (χ3v) is 4.75. The van der Waals surface area contributed by atoms with Crippen LogP contribution in [0.25, 0.3) is 5.95 Å². The van der Waals surface area contributed by atoms with Gasteiger partial charge in [-0.2, -0.15) is 5.10 Å². The van der Waals surface area contributed by atoms with E-state index < -0.39 is 0 Å². The number of likely N-dealkylation sites (tertiary alicyclic amines) is 1. The maximum absolute atomic E-state index is 12.9. The van der Waals surface area contributed by atoms with E-state index in [1.54, 1.807) is 35.5 Å². The molecule has 138 valence electrons. The number of rotatable bonds is 5. The molecule has 1 aliphatic heterocycles. The molecule has 2 aromatic heterocycles. The number of amides is 1. The second-order valence-electron chi connectivity index (χ2n) is 6.68. The second kappa shape index (κ2) is 8.09. The summed E-state index contributed by atoms with van der Waals surface area (Å²) < 4.78 is 1.55. The maximum atomic E-state index is 12.9. The summed E-state index contributed by atoms with van der Waals surface area (Å²) in [6.45, 7) is 1.72. The molecule has 1 atom stereocenters. The van der Waals surface area contributed by atoms with E-state index in [-0.39, 0.29) is 11.9 Å². The molecule has 7 heteroatoms. The molecule has 1 N–H and O–H groups in total. The van der Waals surface area contributed by atoms with Crippen molar-refractivity contribution in [1.82, 2.24) is 24.6 Å². The Hall–Kier alpha value is -3.06. The quantitative estimate of drug-likeness (QED) is 0.755. The summed E-state index contributed by atoms with van der Waals surface area (Å²) in [7, 11) is 0. The average molecular weight is 362 g/mol. The second-order valence-corrected chi connectivity index (χ2v) is 6.68. The van der Waals surface area contributed by atoms with Gasteiger partial charge in [-0.1, -0.05) is 36.8 Å². The van der Waals surface area contributed by atoms with Gasteiger partial charge in [-0.15, -0.1) is 0 Å². The summed E-state index contributed by atoms with van der Waals surface area (Å²) in [5, 5.41) is 7.23. The third kappa shape index (κ3) is 4.20. The van der Waals surface area contributed by atoms with Gasteiger partial charge in [0.15, 0.2) is 0 Å². The predicted octanol–water partition coefficient (Wildman–Crippen LogP) is 2.66. The smallest absolute Gasteiger partial charge is 0.250 e. The van der Waals surface area contributed by atoms with Crippen molar-refractivity contribution in [3.63, 3.8) is 0 Å². The highest BCUT2D eigenvalue weighted by Gasteiger charge is 2.28. The van der Waals surface area contributed by atoms with Crippen LogP contribution in [-0.4, -0.2) is 43.1 Å². The van der Waals surface area contributed by atoms with E-state index in [0.717, 1.165) is 32.4 Å². The number of benzene rings is 1. The highest BCUT2D eigenvalue weighted by molar-refractivity contribution is 5.94. The van der Waals surface area contributed by atoms with E-state index >= 15 is 0 Å². The molecule has 7 nitrogen and oxygen atoms in total. The molecule has 1 aromatic carbocycles. The molecule has 3 aromatic rings. The third-order valence-electron chi connectivity index (χ3n) is 4.75.